The van der Waals surface area contributed by atoms with Crippen LogP contribution in [-0.4, -0.2) is 25.1 Å². The number of hydrogen-bond acceptors (Lipinski definition) is 4. The van der Waals surface area contributed by atoms with Crippen LogP contribution < -0.4 is 10.1 Å². The van der Waals surface area contributed by atoms with Gasteiger partial charge in [-0.1, -0.05) is 19.9 Å². The lowest BCUT2D eigenvalue weighted by molar-refractivity contribution is -0.385. The molecule has 0 aliphatic heterocycles. The van der Waals surface area contributed by atoms with Crippen LogP contribution in [0.3, 0.4) is 0 Å². The number of nitro groups is 1. The zero-order chi connectivity index (χ0) is 13.5. The summed E-state index contributed by atoms with van der Waals surface area (Å²) in [5, 5.41) is 14.2. The molecule has 0 fully saturated rings. The maximum absolute atomic E-state index is 10.9. The van der Waals surface area contributed by atoms with Crippen molar-refractivity contribution in [1.82, 2.24) is 5.32 Å². The van der Waals surface area contributed by atoms with E-state index in [0.29, 0.717) is 11.7 Å². The van der Waals surface area contributed by atoms with Crippen LogP contribution in [0.15, 0.2) is 18.2 Å². The topological polar surface area (TPSA) is 64.4 Å². The lowest BCUT2D eigenvalue weighted by atomic mass is 10.1. The number of methoxy groups -OCH3 is 1. The molecule has 0 saturated carbocycles. The summed E-state index contributed by atoms with van der Waals surface area (Å²) in [6, 6.07) is 5.09. The first-order valence-electron chi connectivity index (χ1n) is 6.06. The molecule has 5 nitrogen and oxygen atoms in total. The van der Waals surface area contributed by atoms with Crippen molar-refractivity contribution in [1.29, 1.82) is 0 Å². The molecule has 0 radical (unpaired) electrons. The first-order valence-corrected chi connectivity index (χ1v) is 6.06. The quantitative estimate of drug-likeness (QED) is 0.460. The molecule has 0 heterocycles. The van der Waals surface area contributed by atoms with E-state index in [1.807, 2.05) is 6.07 Å². The van der Waals surface area contributed by atoms with E-state index in [2.05, 4.69) is 19.2 Å². The summed E-state index contributed by atoms with van der Waals surface area (Å²) in [6.07, 6.45) is 0.775. The van der Waals surface area contributed by atoms with Crippen molar-refractivity contribution in [3.8, 4) is 5.75 Å². The van der Waals surface area contributed by atoms with Crippen LogP contribution in [-0.2, 0) is 6.42 Å². The number of hydrogen-bond donors (Lipinski definition) is 1. The van der Waals surface area contributed by atoms with E-state index in [4.69, 9.17) is 4.74 Å². The van der Waals surface area contributed by atoms with Gasteiger partial charge in [0.15, 0.2) is 5.75 Å². The molecular formula is C13H20N2O3. The Morgan fingerprint density at radius 1 is 1.44 bits per heavy atom. The lowest BCUT2D eigenvalue weighted by Gasteiger charge is -2.08. The van der Waals surface area contributed by atoms with Crippen molar-refractivity contribution in [2.75, 3.05) is 20.2 Å². The summed E-state index contributed by atoms with van der Waals surface area (Å²) < 4.78 is 4.96. The van der Waals surface area contributed by atoms with Crippen LogP contribution in [0.25, 0.3) is 0 Å². The molecule has 0 unspecified atom stereocenters. The van der Waals surface area contributed by atoms with E-state index in [1.54, 1.807) is 12.1 Å². The van der Waals surface area contributed by atoms with E-state index < -0.39 is 4.92 Å². The number of nitrogens with zero attached hydrogens (tertiary/aromatic N) is 1. The van der Waals surface area contributed by atoms with Gasteiger partial charge < -0.3 is 10.1 Å². The van der Waals surface area contributed by atoms with Crippen molar-refractivity contribution in [3.05, 3.63) is 33.9 Å². The standard InChI is InChI=1S/C13H20N2O3/c1-10(2)9-14-7-6-11-4-5-13(18-3)12(8-11)15(16)17/h4-5,8,10,14H,6-7,9H2,1-3H3. The van der Waals surface area contributed by atoms with Gasteiger partial charge in [0.2, 0.25) is 0 Å². The molecule has 1 aromatic carbocycles. The summed E-state index contributed by atoms with van der Waals surface area (Å²) in [6.45, 7) is 6.07. The Balaban J connectivity index is 2.62. The number of nitrogens with one attached hydrogen (secondary N) is 1. The molecule has 1 N–H and O–H groups in total. The van der Waals surface area contributed by atoms with Gasteiger partial charge in [-0.15, -0.1) is 0 Å². The van der Waals surface area contributed by atoms with Gasteiger partial charge >= 0.3 is 5.69 Å². The average Bonchev–Trinajstić information content (AvgIpc) is 2.34. The summed E-state index contributed by atoms with van der Waals surface area (Å²) in [5.74, 6) is 0.911. The van der Waals surface area contributed by atoms with Gasteiger partial charge in [-0.05, 0) is 37.1 Å². The molecule has 18 heavy (non-hydrogen) atoms. The number of ether oxygens (including phenoxy) is 1. The second kappa shape index (κ2) is 6.96. The monoisotopic (exact) mass is 252 g/mol. The molecule has 0 saturated heterocycles. The summed E-state index contributed by atoms with van der Waals surface area (Å²) >= 11 is 0. The third-order valence-corrected chi connectivity index (χ3v) is 2.58. The van der Waals surface area contributed by atoms with Crippen molar-refractivity contribution < 1.29 is 9.66 Å². The van der Waals surface area contributed by atoms with Crippen molar-refractivity contribution in [3.63, 3.8) is 0 Å². The fourth-order valence-electron chi connectivity index (χ4n) is 1.66. The second-order valence-electron chi connectivity index (χ2n) is 4.61. The van der Waals surface area contributed by atoms with E-state index in [-0.39, 0.29) is 5.69 Å². The molecule has 0 spiro atoms. The highest BCUT2D eigenvalue weighted by atomic mass is 16.6. The minimum atomic E-state index is -0.413. The fraction of sp³-hybridized carbons (Fsp3) is 0.538. The summed E-state index contributed by atoms with van der Waals surface area (Å²) in [5.41, 5.74) is 0.970. The van der Waals surface area contributed by atoms with Crippen LogP contribution >= 0.6 is 0 Å². The lowest BCUT2D eigenvalue weighted by Crippen LogP contribution is -2.22. The first-order chi connectivity index (χ1) is 8.54. The van der Waals surface area contributed by atoms with Gasteiger partial charge in [0.1, 0.15) is 0 Å². The fourth-order valence-corrected chi connectivity index (χ4v) is 1.66. The molecule has 0 aromatic heterocycles. The zero-order valence-electron chi connectivity index (χ0n) is 11.1. The Kier molecular flexibility index (Phi) is 5.58. The molecule has 0 atom stereocenters. The highest BCUT2D eigenvalue weighted by Gasteiger charge is 2.14. The molecule has 5 heteroatoms. The van der Waals surface area contributed by atoms with Crippen molar-refractivity contribution >= 4 is 5.69 Å². The first kappa shape index (κ1) is 14.4. The average molecular weight is 252 g/mol. The molecular weight excluding hydrogens is 232 g/mol. The van der Waals surface area contributed by atoms with E-state index in [1.165, 1.54) is 7.11 Å². The molecule has 0 aliphatic carbocycles. The molecule has 0 bridgehead atoms. The van der Waals surface area contributed by atoms with E-state index in [0.717, 1.165) is 25.1 Å². The molecule has 1 rings (SSSR count). The Morgan fingerprint density at radius 3 is 2.72 bits per heavy atom. The van der Waals surface area contributed by atoms with Gasteiger partial charge in [0.05, 0.1) is 12.0 Å². The maximum Gasteiger partial charge on any atom is 0.311 e. The van der Waals surface area contributed by atoms with Gasteiger partial charge in [-0.2, -0.15) is 0 Å². The van der Waals surface area contributed by atoms with Gasteiger partial charge in [-0.25, -0.2) is 0 Å². The number of benzene rings is 1. The molecule has 0 aliphatic rings. The van der Waals surface area contributed by atoms with Crippen LogP contribution in [0.2, 0.25) is 0 Å². The summed E-state index contributed by atoms with van der Waals surface area (Å²) in [4.78, 5) is 10.4. The predicted molar refractivity (Wildman–Crippen MR) is 71.1 cm³/mol. The Bertz CT molecular complexity index is 405. The van der Waals surface area contributed by atoms with Crippen molar-refractivity contribution in [2.24, 2.45) is 5.92 Å². The van der Waals surface area contributed by atoms with Gasteiger partial charge in [0, 0.05) is 6.07 Å². The Hall–Kier alpha value is -1.62. The van der Waals surface area contributed by atoms with Crippen molar-refractivity contribution in [2.45, 2.75) is 20.3 Å². The third kappa shape index (κ3) is 4.33. The van der Waals surface area contributed by atoms with E-state index >= 15 is 0 Å². The number of rotatable bonds is 7. The Labute approximate surface area is 107 Å². The molecule has 100 valence electrons. The minimum absolute atomic E-state index is 0.0267. The van der Waals surface area contributed by atoms with Crippen LogP contribution in [0.1, 0.15) is 19.4 Å². The largest absolute Gasteiger partial charge is 0.490 e. The highest BCUT2D eigenvalue weighted by molar-refractivity contribution is 5.48. The highest BCUT2D eigenvalue weighted by Crippen LogP contribution is 2.27. The second-order valence-corrected chi connectivity index (χ2v) is 4.61. The summed E-state index contributed by atoms with van der Waals surface area (Å²) in [7, 11) is 1.44. The SMILES string of the molecule is COc1ccc(CCNCC(C)C)cc1[N+](=O)[O-]. The maximum atomic E-state index is 10.9. The van der Waals surface area contributed by atoms with Crippen LogP contribution in [0.5, 0.6) is 5.75 Å². The smallest absolute Gasteiger partial charge is 0.311 e. The third-order valence-electron chi connectivity index (χ3n) is 2.58. The minimum Gasteiger partial charge on any atom is -0.490 e. The van der Waals surface area contributed by atoms with Gasteiger partial charge in [0.25, 0.3) is 0 Å². The Morgan fingerprint density at radius 2 is 2.17 bits per heavy atom. The van der Waals surface area contributed by atoms with Crippen LogP contribution in [0.4, 0.5) is 5.69 Å². The van der Waals surface area contributed by atoms with Crippen LogP contribution in [0, 0.1) is 16.0 Å². The van der Waals surface area contributed by atoms with E-state index in [9.17, 15) is 10.1 Å². The zero-order valence-corrected chi connectivity index (χ0v) is 11.1. The number of nitro benzene ring substituents is 1. The van der Waals surface area contributed by atoms with Gasteiger partial charge in [-0.3, -0.25) is 10.1 Å². The molecule has 0 amide bonds. The molecule has 1 aromatic rings. The predicted octanol–water partition coefficient (Wildman–Crippen LogP) is 2.39. The normalized spacial score (nSPS) is 10.7.